The highest BCUT2D eigenvalue weighted by Gasteiger charge is 2.38. The number of halogens is 6. The van der Waals surface area contributed by atoms with Crippen molar-refractivity contribution in [2.45, 2.75) is 25.6 Å². The van der Waals surface area contributed by atoms with Crippen LogP contribution in [0.1, 0.15) is 32.9 Å². The van der Waals surface area contributed by atoms with Crippen molar-refractivity contribution in [3.63, 3.8) is 0 Å². The summed E-state index contributed by atoms with van der Waals surface area (Å²) in [5, 5.41) is 0. The van der Waals surface area contributed by atoms with Gasteiger partial charge in [-0.05, 0) is 29.8 Å². The summed E-state index contributed by atoms with van der Waals surface area (Å²) < 4.78 is 81.9. The van der Waals surface area contributed by atoms with E-state index in [1.54, 1.807) is 0 Å². The molecule has 9 heteroatoms. The van der Waals surface area contributed by atoms with E-state index in [1.165, 1.54) is 18.2 Å². The molecule has 0 saturated carbocycles. The number of rotatable bonds is 5. The molecule has 3 nitrogen and oxygen atoms in total. The lowest BCUT2D eigenvalue weighted by Crippen LogP contribution is -2.14. The molecule has 0 spiro atoms. The smallest absolute Gasteiger partial charge is 0.370 e. The fraction of sp³-hybridized carbons (Fsp3) is 0.250. The summed E-state index contributed by atoms with van der Waals surface area (Å²) in [4.78, 5) is 14.5. The largest absolute Gasteiger partial charge is 0.416 e. The van der Waals surface area contributed by atoms with Crippen molar-refractivity contribution in [1.82, 2.24) is 4.98 Å². The van der Waals surface area contributed by atoms with Gasteiger partial charge in [0.1, 0.15) is 5.69 Å². The van der Waals surface area contributed by atoms with Gasteiger partial charge in [-0.15, -0.1) is 0 Å². The maximum atomic E-state index is 13.0. The van der Waals surface area contributed by atoms with E-state index in [0.29, 0.717) is 18.0 Å². The molecule has 1 aromatic heterocycles. The molecule has 0 N–H and O–H groups in total. The van der Waals surface area contributed by atoms with Crippen LogP contribution in [0.2, 0.25) is 0 Å². The summed E-state index contributed by atoms with van der Waals surface area (Å²) in [6, 6.07) is 5.83. The molecular formula is C16H11F6NO2. The molecule has 0 atom stereocenters. The topological polar surface area (TPSA) is 39.2 Å². The van der Waals surface area contributed by atoms with E-state index in [4.69, 9.17) is 4.74 Å². The van der Waals surface area contributed by atoms with Crippen LogP contribution in [-0.4, -0.2) is 11.3 Å². The Morgan fingerprint density at radius 3 is 2.28 bits per heavy atom. The number of nitrogens with zero attached hydrogens (tertiary/aromatic N) is 1. The van der Waals surface area contributed by atoms with Crippen molar-refractivity contribution in [3.8, 4) is 0 Å². The van der Waals surface area contributed by atoms with Gasteiger partial charge in [-0.3, -0.25) is 4.79 Å². The van der Waals surface area contributed by atoms with Crippen molar-refractivity contribution in [2.24, 2.45) is 0 Å². The van der Waals surface area contributed by atoms with E-state index in [2.05, 4.69) is 4.98 Å². The van der Waals surface area contributed by atoms with Crippen LogP contribution in [-0.2, 0) is 30.3 Å². The quantitative estimate of drug-likeness (QED) is 0.574. The third-order valence-electron chi connectivity index (χ3n) is 3.20. The molecule has 25 heavy (non-hydrogen) atoms. The Balaban J connectivity index is 2.17. The Morgan fingerprint density at radius 2 is 1.68 bits per heavy atom. The number of pyridine rings is 1. The number of carbonyl (C=O) groups is 1. The molecule has 1 heterocycles. The Hall–Kier alpha value is -2.42. The van der Waals surface area contributed by atoms with E-state index in [9.17, 15) is 31.1 Å². The molecule has 0 amide bonds. The fourth-order valence-electron chi connectivity index (χ4n) is 2.05. The minimum Gasteiger partial charge on any atom is -0.370 e. The predicted molar refractivity (Wildman–Crippen MR) is 74.6 cm³/mol. The second-order valence-electron chi connectivity index (χ2n) is 5.03. The summed E-state index contributed by atoms with van der Waals surface area (Å²) in [6.45, 7) is -0.750. The fourth-order valence-corrected chi connectivity index (χ4v) is 2.05. The summed E-state index contributed by atoms with van der Waals surface area (Å²) in [5.41, 5.74) is -2.77. The first-order valence-electron chi connectivity index (χ1n) is 6.87. The summed E-state index contributed by atoms with van der Waals surface area (Å²) in [6.07, 6.45) is -9.32. The number of alkyl halides is 6. The van der Waals surface area contributed by atoms with Gasteiger partial charge >= 0.3 is 12.4 Å². The first-order chi connectivity index (χ1) is 11.6. The van der Waals surface area contributed by atoms with Crippen LogP contribution >= 0.6 is 0 Å². The maximum absolute atomic E-state index is 13.0. The molecule has 0 radical (unpaired) electrons. The van der Waals surface area contributed by atoms with Crippen molar-refractivity contribution in [2.75, 3.05) is 0 Å². The van der Waals surface area contributed by atoms with Crippen LogP contribution in [0.25, 0.3) is 0 Å². The van der Waals surface area contributed by atoms with Gasteiger partial charge in [0.05, 0.1) is 30.0 Å². The number of hydrogen-bond acceptors (Lipinski definition) is 3. The number of aldehydes is 1. The van der Waals surface area contributed by atoms with Gasteiger partial charge in [0.15, 0.2) is 6.29 Å². The van der Waals surface area contributed by atoms with Gasteiger partial charge in [0.2, 0.25) is 0 Å². The standard InChI is InChI=1S/C16H11F6NO2/c17-15(18,19)11-5-4-10(14(6-11)16(20,21)22)8-25-9-13-3-1-2-12(7-24)23-13/h1-7H,8-9H2. The Labute approximate surface area is 138 Å². The van der Waals surface area contributed by atoms with Crippen LogP contribution in [0.4, 0.5) is 26.3 Å². The average Bonchev–Trinajstić information content (AvgIpc) is 2.53. The van der Waals surface area contributed by atoms with Gasteiger partial charge in [0, 0.05) is 0 Å². The van der Waals surface area contributed by atoms with Crippen molar-refractivity contribution >= 4 is 6.29 Å². The van der Waals surface area contributed by atoms with E-state index in [1.807, 2.05) is 0 Å². The zero-order valence-corrected chi connectivity index (χ0v) is 12.5. The molecule has 2 aromatic rings. The molecular weight excluding hydrogens is 352 g/mol. The van der Waals surface area contributed by atoms with E-state index >= 15 is 0 Å². The van der Waals surface area contributed by atoms with E-state index in [-0.39, 0.29) is 18.4 Å². The van der Waals surface area contributed by atoms with Crippen LogP contribution in [0.5, 0.6) is 0 Å². The van der Waals surface area contributed by atoms with Crippen LogP contribution in [0.3, 0.4) is 0 Å². The van der Waals surface area contributed by atoms with Gasteiger partial charge in [-0.2, -0.15) is 26.3 Å². The Kier molecular flexibility index (Phi) is 5.46. The molecule has 2 rings (SSSR count). The molecule has 0 bridgehead atoms. The first kappa shape index (κ1) is 18.9. The summed E-state index contributed by atoms with van der Waals surface area (Å²) in [5.74, 6) is 0. The van der Waals surface area contributed by atoms with Gasteiger partial charge in [-0.1, -0.05) is 12.1 Å². The van der Waals surface area contributed by atoms with Crippen molar-refractivity contribution in [3.05, 3.63) is 64.5 Å². The average molecular weight is 363 g/mol. The van der Waals surface area contributed by atoms with Crippen LogP contribution in [0, 0.1) is 0 Å². The minimum atomic E-state index is -4.95. The van der Waals surface area contributed by atoms with E-state index in [0.717, 1.165) is 6.07 Å². The molecule has 0 fully saturated rings. The Bertz CT molecular complexity index is 755. The lowest BCUT2D eigenvalue weighted by Gasteiger charge is -2.16. The second kappa shape index (κ2) is 7.22. The molecule has 0 unspecified atom stereocenters. The summed E-state index contributed by atoms with van der Waals surface area (Å²) >= 11 is 0. The molecule has 0 aliphatic heterocycles. The lowest BCUT2D eigenvalue weighted by atomic mass is 10.0. The van der Waals surface area contributed by atoms with E-state index < -0.39 is 35.6 Å². The number of hydrogen-bond donors (Lipinski definition) is 0. The maximum Gasteiger partial charge on any atom is 0.416 e. The molecule has 1 aromatic carbocycles. The zero-order valence-electron chi connectivity index (χ0n) is 12.5. The number of benzene rings is 1. The molecule has 0 saturated heterocycles. The number of carbonyl (C=O) groups excluding carboxylic acids is 1. The zero-order chi connectivity index (χ0) is 18.7. The third-order valence-corrected chi connectivity index (χ3v) is 3.20. The monoisotopic (exact) mass is 363 g/mol. The van der Waals surface area contributed by atoms with Gasteiger partial charge in [0.25, 0.3) is 0 Å². The first-order valence-corrected chi connectivity index (χ1v) is 6.87. The van der Waals surface area contributed by atoms with Gasteiger partial charge in [-0.25, -0.2) is 4.98 Å². The molecule has 0 aliphatic carbocycles. The number of aromatic nitrogens is 1. The van der Waals surface area contributed by atoms with Crippen LogP contribution in [0.15, 0.2) is 36.4 Å². The highest BCUT2D eigenvalue weighted by atomic mass is 19.4. The normalized spacial score (nSPS) is 12.2. The van der Waals surface area contributed by atoms with Gasteiger partial charge < -0.3 is 4.74 Å². The van der Waals surface area contributed by atoms with Crippen LogP contribution < -0.4 is 0 Å². The minimum absolute atomic E-state index is 0.0595. The summed E-state index contributed by atoms with van der Waals surface area (Å²) in [7, 11) is 0. The molecule has 134 valence electrons. The SMILES string of the molecule is O=Cc1cccc(COCc2ccc(C(F)(F)F)cc2C(F)(F)F)n1. The van der Waals surface area contributed by atoms with Crippen molar-refractivity contribution in [1.29, 1.82) is 0 Å². The Morgan fingerprint density at radius 1 is 0.960 bits per heavy atom. The second-order valence-corrected chi connectivity index (χ2v) is 5.03. The highest BCUT2D eigenvalue weighted by molar-refractivity contribution is 5.71. The highest BCUT2D eigenvalue weighted by Crippen LogP contribution is 2.37. The molecule has 0 aliphatic rings. The lowest BCUT2D eigenvalue weighted by molar-refractivity contribution is -0.143. The number of ether oxygens (including phenoxy) is 1. The van der Waals surface area contributed by atoms with Crippen molar-refractivity contribution < 1.29 is 35.9 Å². The predicted octanol–water partition coefficient (Wildman–Crippen LogP) is 4.65. The third kappa shape index (κ3) is 5.02.